The summed E-state index contributed by atoms with van der Waals surface area (Å²) in [5, 5.41) is 9.18. The van der Waals surface area contributed by atoms with Crippen LogP contribution in [0.4, 0.5) is 19.0 Å². The minimum absolute atomic E-state index is 0.173. The van der Waals surface area contributed by atoms with E-state index in [0.29, 0.717) is 24.6 Å². The van der Waals surface area contributed by atoms with Crippen LogP contribution in [0, 0.1) is 24.2 Å². The van der Waals surface area contributed by atoms with E-state index >= 15 is 0 Å². The summed E-state index contributed by atoms with van der Waals surface area (Å²) in [4.78, 5) is 5.50. The molecule has 1 aromatic rings. The molecule has 20 heavy (non-hydrogen) atoms. The molecular weight excluding hydrogens is 267 g/mol. The first-order chi connectivity index (χ1) is 9.32. The van der Waals surface area contributed by atoms with Gasteiger partial charge in [0.1, 0.15) is 17.6 Å². The normalized spacial score (nSPS) is 17.1. The summed E-state index contributed by atoms with van der Waals surface area (Å²) in [6.45, 7) is 4.92. The van der Waals surface area contributed by atoms with Gasteiger partial charge in [-0.1, -0.05) is 6.92 Å². The number of rotatable bonds is 1. The first-order valence-corrected chi connectivity index (χ1v) is 6.57. The Morgan fingerprint density at radius 3 is 2.45 bits per heavy atom. The van der Waals surface area contributed by atoms with Gasteiger partial charge in [-0.05, 0) is 37.3 Å². The summed E-state index contributed by atoms with van der Waals surface area (Å²) in [6, 6.07) is 2.92. The van der Waals surface area contributed by atoms with Gasteiger partial charge in [-0.3, -0.25) is 0 Å². The monoisotopic (exact) mass is 283 g/mol. The second kappa shape index (κ2) is 5.31. The van der Waals surface area contributed by atoms with Gasteiger partial charge in [-0.2, -0.15) is 18.4 Å². The van der Waals surface area contributed by atoms with Crippen molar-refractivity contribution in [3.05, 3.63) is 22.9 Å². The van der Waals surface area contributed by atoms with Gasteiger partial charge in [0.05, 0.1) is 5.56 Å². The van der Waals surface area contributed by atoms with Gasteiger partial charge in [0.15, 0.2) is 0 Å². The fourth-order valence-corrected chi connectivity index (χ4v) is 2.39. The van der Waals surface area contributed by atoms with Crippen LogP contribution in [0.15, 0.2) is 6.07 Å². The molecule has 3 nitrogen and oxygen atoms in total. The van der Waals surface area contributed by atoms with Crippen molar-refractivity contribution >= 4 is 5.82 Å². The summed E-state index contributed by atoms with van der Waals surface area (Å²) in [6.07, 6.45) is -2.68. The number of halogens is 3. The Labute approximate surface area is 116 Å². The van der Waals surface area contributed by atoms with Gasteiger partial charge in [0, 0.05) is 13.1 Å². The number of hydrogen-bond acceptors (Lipinski definition) is 3. The van der Waals surface area contributed by atoms with E-state index in [1.165, 1.54) is 6.92 Å². The minimum atomic E-state index is -4.49. The van der Waals surface area contributed by atoms with E-state index in [4.69, 9.17) is 0 Å². The summed E-state index contributed by atoms with van der Waals surface area (Å²) < 4.78 is 38.5. The number of alkyl halides is 3. The number of nitriles is 1. The lowest BCUT2D eigenvalue weighted by atomic mass is 9.98. The van der Waals surface area contributed by atoms with Crippen molar-refractivity contribution in [2.24, 2.45) is 5.92 Å². The zero-order valence-corrected chi connectivity index (χ0v) is 11.5. The van der Waals surface area contributed by atoms with E-state index in [9.17, 15) is 18.4 Å². The van der Waals surface area contributed by atoms with E-state index in [0.717, 1.165) is 18.9 Å². The van der Waals surface area contributed by atoms with Gasteiger partial charge in [-0.15, -0.1) is 0 Å². The van der Waals surface area contributed by atoms with Crippen LogP contribution in [-0.4, -0.2) is 18.1 Å². The molecule has 0 amide bonds. The molecule has 1 saturated heterocycles. The molecule has 1 aromatic heterocycles. The third-order valence-electron chi connectivity index (χ3n) is 3.68. The fraction of sp³-hybridized carbons (Fsp3) is 0.571. The number of aryl methyl sites for hydroxylation is 1. The number of pyridine rings is 1. The number of anilines is 1. The average molecular weight is 283 g/mol. The van der Waals surface area contributed by atoms with Gasteiger partial charge >= 0.3 is 6.18 Å². The van der Waals surface area contributed by atoms with Crippen molar-refractivity contribution in [2.45, 2.75) is 32.9 Å². The highest BCUT2D eigenvalue weighted by molar-refractivity contribution is 5.58. The van der Waals surface area contributed by atoms with Crippen molar-refractivity contribution in [1.29, 1.82) is 5.26 Å². The molecule has 1 fully saturated rings. The maximum Gasteiger partial charge on any atom is 0.433 e. The molecule has 6 heteroatoms. The van der Waals surface area contributed by atoms with Crippen LogP contribution in [0.1, 0.15) is 36.6 Å². The number of hydrogen-bond donors (Lipinski definition) is 0. The highest BCUT2D eigenvalue weighted by Crippen LogP contribution is 2.33. The second-order valence-corrected chi connectivity index (χ2v) is 5.30. The lowest BCUT2D eigenvalue weighted by molar-refractivity contribution is -0.141. The highest BCUT2D eigenvalue weighted by Gasteiger charge is 2.34. The van der Waals surface area contributed by atoms with E-state index in [2.05, 4.69) is 11.9 Å². The molecule has 0 atom stereocenters. The lowest BCUT2D eigenvalue weighted by Crippen LogP contribution is -2.34. The van der Waals surface area contributed by atoms with Crippen LogP contribution >= 0.6 is 0 Å². The van der Waals surface area contributed by atoms with Gasteiger partial charge < -0.3 is 4.90 Å². The van der Waals surface area contributed by atoms with Crippen molar-refractivity contribution in [3.63, 3.8) is 0 Å². The first kappa shape index (κ1) is 14.6. The molecule has 0 N–H and O–H groups in total. The number of nitrogens with zero attached hydrogens (tertiary/aromatic N) is 3. The SMILES string of the molecule is Cc1cc(C(F)(F)F)nc(N2CCC(C)CC2)c1C#N. The van der Waals surface area contributed by atoms with E-state index < -0.39 is 11.9 Å². The van der Waals surface area contributed by atoms with Crippen molar-refractivity contribution in [1.82, 2.24) is 4.98 Å². The van der Waals surface area contributed by atoms with Gasteiger partial charge in [-0.25, -0.2) is 4.98 Å². The first-order valence-electron chi connectivity index (χ1n) is 6.57. The zero-order valence-electron chi connectivity index (χ0n) is 11.5. The molecule has 0 aliphatic carbocycles. The molecule has 0 spiro atoms. The maximum atomic E-state index is 12.8. The molecule has 1 aliphatic rings. The molecule has 0 radical (unpaired) electrons. The van der Waals surface area contributed by atoms with Gasteiger partial charge in [0.2, 0.25) is 0 Å². The van der Waals surface area contributed by atoms with Crippen molar-refractivity contribution in [3.8, 4) is 6.07 Å². The smallest absolute Gasteiger partial charge is 0.355 e. The zero-order chi connectivity index (χ0) is 14.9. The predicted molar refractivity (Wildman–Crippen MR) is 69.3 cm³/mol. The van der Waals surface area contributed by atoms with Crippen LogP contribution < -0.4 is 4.90 Å². The predicted octanol–water partition coefficient (Wildman–Crippen LogP) is 3.52. The van der Waals surface area contributed by atoms with E-state index in [1.807, 2.05) is 6.07 Å². The summed E-state index contributed by atoms with van der Waals surface area (Å²) in [7, 11) is 0. The largest absolute Gasteiger partial charge is 0.433 e. The van der Waals surface area contributed by atoms with Crippen molar-refractivity contribution < 1.29 is 13.2 Å². The Balaban J connectivity index is 2.45. The Morgan fingerprint density at radius 1 is 1.35 bits per heavy atom. The minimum Gasteiger partial charge on any atom is -0.355 e. The van der Waals surface area contributed by atoms with Crippen LogP contribution in [0.2, 0.25) is 0 Å². The van der Waals surface area contributed by atoms with E-state index in [1.54, 1.807) is 4.90 Å². The summed E-state index contributed by atoms with van der Waals surface area (Å²) in [5.41, 5.74) is -0.362. The maximum absolute atomic E-state index is 12.8. The van der Waals surface area contributed by atoms with Crippen LogP contribution in [0.3, 0.4) is 0 Å². The average Bonchev–Trinajstić information content (AvgIpc) is 2.37. The van der Waals surface area contributed by atoms with Crippen molar-refractivity contribution in [2.75, 3.05) is 18.0 Å². The Bertz CT molecular complexity index is 538. The lowest BCUT2D eigenvalue weighted by Gasteiger charge is -2.32. The van der Waals surface area contributed by atoms with Crippen LogP contribution in [0.5, 0.6) is 0 Å². The van der Waals surface area contributed by atoms with Crippen LogP contribution in [0.25, 0.3) is 0 Å². The molecule has 0 aromatic carbocycles. The summed E-state index contributed by atoms with van der Waals surface area (Å²) >= 11 is 0. The molecule has 1 aliphatic heterocycles. The highest BCUT2D eigenvalue weighted by atomic mass is 19.4. The Hall–Kier alpha value is -1.77. The molecule has 0 saturated carbocycles. The molecule has 2 rings (SSSR count). The molecule has 0 bridgehead atoms. The summed E-state index contributed by atoms with van der Waals surface area (Å²) in [5.74, 6) is 0.732. The Morgan fingerprint density at radius 2 is 1.95 bits per heavy atom. The topological polar surface area (TPSA) is 39.9 Å². The molecule has 108 valence electrons. The molecule has 2 heterocycles. The number of piperidine rings is 1. The standard InChI is InChI=1S/C14H16F3N3/c1-9-3-5-20(6-4-9)13-11(8-18)10(2)7-12(19-13)14(15,16)17/h7,9H,3-6H2,1-2H3. The quantitative estimate of drug-likeness (QED) is 0.791. The van der Waals surface area contributed by atoms with E-state index in [-0.39, 0.29) is 11.4 Å². The third-order valence-corrected chi connectivity index (χ3v) is 3.68. The number of aromatic nitrogens is 1. The van der Waals surface area contributed by atoms with Crippen LogP contribution in [-0.2, 0) is 6.18 Å². The Kier molecular flexibility index (Phi) is 3.89. The molecular formula is C14H16F3N3. The third kappa shape index (κ3) is 2.87. The fourth-order valence-electron chi connectivity index (χ4n) is 2.39. The van der Waals surface area contributed by atoms with Gasteiger partial charge in [0.25, 0.3) is 0 Å². The second-order valence-electron chi connectivity index (χ2n) is 5.30. The molecule has 0 unspecified atom stereocenters.